The number of hydrogen-bond acceptors (Lipinski definition) is 8. The molecule has 0 aromatic carbocycles. The molecule has 11 heteroatoms. The number of carbonyl (C=O) groups excluding carboxylic acids is 1. The first kappa shape index (κ1) is 19.8. The van der Waals surface area contributed by atoms with E-state index in [1.54, 1.807) is 18.1 Å². The summed E-state index contributed by atoms with van der Waals surface area (Å²) in [6.07, 6.45) is 4.14. The molecule has 0 atom stereocenters. The number of ether oxygens (including phenoxy) is 2. The van der Waals surface area contributed by atoms with Gasteiger partial charge < -0.3 is 14.4 Å². The van der Waals surface area contributed by atoms with E-state index < -0.39 is 0 Å². The van der Waals surface area contributed by atoms with Gasteiger partial charge in [-0.25, -0.2) is 24.1 Å². The van der Waals surface area contributed by atoms with Crippen molar-refractivity contribution >= 4 is 17.1 Å². The van der Waals surface area contributed by atoms with Gasteiger partial charge in [0.1, 0.15) is 11.7 Å². The monoisotopic (exact) mass is 413 g/mol. The van der Waals surface area contributed by atoms with Crippen LogP contribution >= 0.6 is 0 Å². The topological polar surface area (TPSA) is 117 Å². The summed E-state index contributed by atoms with van der Waals surface area (Å²) in [5.41, 5.74) is 0.416. The smallest absolute Gasteiger partial charge is 0.410 e. The summed E-state index contributed by atoms with van der Waals surface area (Å²) in [4.78, 5) is 33.9. The molecule has 3 aromatic rings. The number of fused-ring (bicyclic) bond motifs is 1. The predicted molar refractivity (Wildman–Crippen MR) is 106 cm³/mol. The number of aryl methyl sites for hydroxylation is 1. The van der Waals surface area contributed by atoms with Crippen molar-refractivity contribution in [3.63, 3.8) is 0 Å². The van der Waals surface area contributed by atoms with Gasteiger partial charge in [-0.05, 0) is 26.7 Å². The van der Waals surface area contributed by atoms with E-state index in [-0.39, 0.29) is 29.7 Å². The van der Waals surface area contributed by atoms with Crippen molar-refractivity contribution in [1.82, 2.24) is 34.4 Å². The fourth-order valence-corrected chi connectivity index (χ4v) is 3.39. The van der Waals surface area contributed by atoms with Crippen molar-refractivity contribution in [2.45, 2.75) is 38.8 Å². The number of amides is 1. The zero-order valence-corrected chi connectivity index (χ0v) is 17.1. The second kappa shape index (κ2) is 8.09. The van der Waals surface area contributed by atoms with Crippen LogP contribution < -0.4 is 10.3 Å². The van der Waals surface area contributed by atoms with E-state index in [9.17, 15) is 9.59 Å². The van der Waals surface area contributed by atoms with Gasteiger partial charge in [0.25, 0.3) is 5.56 Å². The number of piperidine rings is 1. The molecule has 0 saturated carbocycles. The summed E-state index contributed by atoms with van der Waals surface area (Å²) in [7, 11) is 1.55. The van der Waals surface area contributed by atoms with Gasteiger partial charge in [0, 0.05) is 32.3 Å². The number of carbonyl (C=O) groups is 1. The SMILES string of the molecule is CC(C)OC(=O)N1CCC(n2ncc3c(Oc4ccc(=O)n(C)n4)ncnc32)CC1. The third-order valence-electron chi connectivity index (χ3n) is 4.90. The molecule has 0 spiro atoms. The Morgan fingerprint density at radius 2 is 1.97 bits per heavy atom. The zero-order chi connectivity index (χ0) is 21.3. The van der Waals surface area contributed by atoms with Crippen LogP contribution in [0.2, 0.25) is 0 Å². The van der Waals surface area contributed by atoms with Crippen LogP contribution in [0.1, 0.15) is 32.7 Å². The molecule has 0 aliphatic carbocycles. The molecule has 158 valence electrons. The van der Waals surface area contributed by atoms with Gasteiger partial charge in [0.05, 0.1) is 18.3 Å². The minimum atomic E-state index is -0.281. The summed E-state index contributed by atoms with van der Waals surface area (Å²) in [6, 6.07) is 2.97. The average Bonchev–Trinajstić information content (AvgIpc) is 3.15. The quantitative estimate of drug-likeness (QED) is 0.636. The second-order valence-corrected chi connectivity index (χ2v) is 7.39. The van der Waals surface area contributed by atoms with Crippen molar-refractivity contribution in [1.29, 1.82) is 0 Å². The highest BCUT2D eigenvalue weighted by Crippen LogP contribution is 2.30. The summed E-state index contributed by atoms with van der Waals surface area (Å²) >= 11 is 0. The first-order valence-electron chi connectivity index (χ1n) is 9.78. The molecule has 11 nitrogen and oxygen atoms in total. The van der Waals surface area contributed by atoms with Crippen LogP contribution in [0.5, 0.6) is 11.8 Å². The highest BCUT2D eigenvalue weighted by molar-refractivity contribution is 5.80. The summed E-state index contributed by atoms with van der Waals surface area (Å²) in [6.45, 7) is 4.86. The molecule has 4 rings (SSSR count). The largest absolute Gasteiger partial charge is 0.447 e. The second-order valence-electron chi connectivity index (χ2n) is 7.39. The fraction of sp³-hybridized carbons (Fsp3) is 0.474. The third-order valence-corrected chi connectivity index (χ3v) is 4.90. The molecule has 0 bridgehead atoms. The fourth-order valence-electron chi connectivity index (χ4n) is 3.39. The van der Waals surface area contributed by atoms with Crippen molar-refractivity contribution in [2.75, 3.05) is 13.1 Å². The Morgan fingerprint density at radius 1 is 1.20 bits per heavy atom. The molecule has 30 heavy (non-hydrogen) atoms. The van der Waals surface area contributed by atoms with Crippen LogP contribution in [0.4, 0.5) is 4.79 Å². The summed E-state index contributed by atoms with van der Waals surface area (Å²) < 4.78 is 14.1. The zero-order valence-electron chi connectivity index (χ0n) is 17.1. The molecule has 0 N–H and O–H groups in total. The van der Waals surface area contributed by atoms with Gasteiger partial charge in [-0.15, -0.1) is 5.10 Å². The van der Waals surface area contributed by atoms with Crippen LogP contribution in [-0.2, 0) is 11.8 Å². The number of rotatable bonds is 4. The number of nitrogens with zero attached hydrogens (tertiary/aromatic N) is 7. The lowest BCUT2D eigenvalue weighted by Gasteiger charge is -2.31. The van der Waals surface area contributed by atoms with Crippen LogP contribution in [0.25, 0.3) is 11.0 Å². The minimum Gasteiger partial charge on any atom is -0.447 e. The predicted octanol–water partition coefficient (Wildman–Crippen LogP) is 1.89. The van der Waals surface area contributed by atoms with Gasteiger partial charge in [0.2, 0.25) is 11.8 Å². The average molecular weight is 413 g/mol. The van der Waals surface area contributed by atoms with E-state index in [0.717, 1.165) is 12.8 Å². The van der Waals surface area contributed by atoms with E-state index in [1.165, 1.54) is 23.1 Å². The first-order chi connectivity index (χ1) is 14.4. The Labute approximate surface area is 172 Å². The molecule has 1 fully saturated rings. The molecule has 4 heterocycles. The lowest BCUT2D eigenvalue weighted by molar-refractivity contribution is 0.0656. The molecule has 1 amide bonds. The summed E-state index contributed by atoms with van der Waals surface area (Å²) in [5, 5.41) is 9.20. The van der Waals surface area contributed by atoms with E-state index in [2.05, 4.69) is 20.2 Å². The molecule has 0 unspecified atom stereocenters. The Bertz CT molecular complexity index is 1120. The Hall–Kier alpha value is -3.50. The number of hydrogen-bond donors (Lipinski definition) is 0. The minimum absolute atomic E-state index is 0.101. The summed E-state index contributed by atoms with van der Waals surface area (Å²) in [5.74, 6) is 0.567. The van der Waals surface area contributed by atoms with E-state index in [0.29, 0.717) is 30.0 Å². The lowest BCUT2D eigenvalue weighted by Crippen LogP contribution is -2.40. The highest BCUT2D eigenvalue weighted by atomic mass is 16.6. The molecule has 1 saturated heterocycles. The maximum absolute atomic E-state index is 12.1. The van der Waals surface area contributed by atoms with Crippen LogP contribution in [0.3, 0.4) is 0 Å². The van der Waals surface area contributed by atoms with E-state index in [4.69, 9.17) is 9.47 Å². The number of likely N-dealkylation sites (tertiary alicyclic amines) is 1. The van der Waals surface area contributed by atoms with E-state index >= 15 is 0 Å². The molecular weight excluding hydrogens is 390 g/mol. The van der Waals surface area contributed by atoms with Crippen LogP contribution in [0, 0.1) is 0 Å². The normalized spacial score (nSPS) is 15.0. The van der Waals surface area contributed by atoms with Gasteiger partial charge in [-0.1, -0.05) is 0 Å². The van der Waals surface area contributed by atoms with Gasteiger partial charge in [-0.3, -0.25) is 4.79 Å². The highest BCUT2D eigenvalue weighted by Gasteiger charge is 2.27. The number of aromatic nitrogens is 6. The van der Waals surface area contributed by atoms with Crippen LogP contribution in [0.15, 0.2) is 29.5 Å². The molecule has 1 aliphatic rings. The molecule has 3 aromatic heterocycles. The van der Waals surface area contributed by atoms with Crippen molar-refractivity contribution in [3.8, 4) is 11.8 Å². The lowest BCUT2D eigenvalue weighted by atomic mass is 10.1. The van der Waals surface area contributed by atoms with Gasteiger partial charge >= 0.3 is 6.09 Å². The molecular formula is C19H23N7O4. The van der Waals surface area contributed by atoms with E-state index in [1.807, 2.05) is 18.5 Å². The first-order valence-corrected chi connectivity index (χ1v) is 9.78. The molecule has 0 radical (unpaired) electrons. The van der Waals surface area contributed by atoms with Gasteiger partial charge in [0.15, 0.2) is 5.65 Å². The van der Waals surface area contributed by atoms with Crippen LogP contribution in [-0.4, -0.2) is 59.7 Å². The standard InChI is InChI=1S/C19H23N7O4/c1-12(2)29-19(28)25-8-6-13(7-9-25)26-17-14(10-22-26)18(21-11-20-17)30-15-4-5-16(27)24(3)23-15/h4-5,10-13H,6-9H2,1-3H3. The Balaban J connectivity index is 1.52. The third kappa shape index (κ3) is 3.95. The van der Waals surface area contributed by atoms with Gasteiger partial charge in [-0.2, -0.15) is 5.10 Å². The Kier molecular flexibility index (Phi) is 5.34. The maximum atomic E-state index is 12.1. The Morgan fingerprint density at radius 3 is 2.67 bits per heavy atom. The maximum Gasteiger partial charge on any atom is 0.410 e. The van der Waals surface area contributed by atoms with Crippen molar-refractivity contribution in [2.24, 2.45) is 7.05 Å². The van der Waals surface area contributed by atoms with Crippen molar-refractivity contribution in [3.05, 3.63) is 35.0 Å². The van der Waals surface area contributed by atoms with Crippen molar-refractivity contribution < 1.29 is 14.3 Å². The molecule has 1 aliphatic heterocycles.